The van der Waals surface area contributed by atoms with Gasteiger partial charge in [-0.15, -0.1) is 0 Å². The molecule has 1 aromatic carbocycles. The Bertz CT molecular complexity index is 602. The highest BCUT2D eigenvalue weighted by atomic mass is 19.4. The molecule has 0 radical (unpaired) electrons. The van der Waals surface area contributed by atoms with Gasteiger partial charge in [-0.25, -0.2) is 0 Å². The quantitative estimate of drug-likeness (QED) is 0.937. The van der Waals surface area contributed by atoms with Crippen LogP contribution in [0.15, 0.2) is 30.5 Å². The largest absolute Gasteiger partial charge is 0.416 e. The third-order valence-corrected chi connectivity index (χ3v) is 3.09. The maximum Gasteiger partial charge on any atom is 0.416 e. The van der Waals surface area contributed by atoms with Crippen molar-refractivity contribution in [1.29, 1.82) is 0 Å². The Morgan fingerprint density at radius 1 is 1.30 bits per heavy atom. The number of hydrogen-bond donors (Lipinski definition) is 1. The number of nitrogens with zero attached hydrogens (tertiary/aromatic N) is 3. The van der Waals surface area contributed by atoms with Crippen LogP contribution in [-0.2, 0) is 12.7 Å². The highest BCUT2D eigenvalue weighted by Gasteiger charge is 2.30. The molecule has 0 bridgehead atoms. The summed E-state index contributed by atoms with van der Waals surface area (Å²) in [5.74, 6) is 0. The van der Waals surface area contributed by atoms with E-state index >= 15 is 0 Å². The Hall–Kier alpha value is -1.89. The second-order valence-electron chi connectivity index (χ2n) is 4.83. The zero-order valence-corrected chi connectivity index (χ0v) is 10.6. The van der Waals surface area contributed by atoms with Crippen molar-refractivity contribution in [2.45, 2.75) is 31.6 Å². The summed E-state index contributed by atoms with van der Waals surface area (Å²) in [5.41, 5.74) is 0.316. The summed E-state index contributed by atoms with van der Waals surface area (Å²) >= 11 is 0. The fourth-order valence-electron chi connectivity index (χ4n) is 1.84. The highest BCUT2D eigenvalue weighted by molar-refractivity contribution is 5.35. The molecule has 0 spiro atoms. The normalized spacial score (nSPS) is 15.6. The van der Waals surface area contributed by atoms with Gasteiger partial charge < -0.3 is 5.32 Å². The first-order valence-electron chi connectivity index (χ1n) is 6.34. The van der Waals surface area contributed by atoms with Crippen LogP contribution in [0, 0.1) is 0 Å². The molecule has 2 aromatic rings. The molecule has 0 amide bonds. The van der Waals surface area contributed by atoms with Crippen LogP contribution in [-0.4, -0.2) is 21.0 Å². The molecule has 7 heteroatoms. The van der Waals surface area contributed by atoms with E-state index in [2.05, 4.69) is 15.5 Å². The van der Waals surface area contributed by atoms with Crippen LogP contribution >= 0.6 is 0 Å². The van der Waals surface area contributed by atoms with E-state index in [1.165, 1.54) is 23.7 Å². The second kappa shape index (κ2) is 4.90. The minimum Gasteiger partial charge on any atom is -0.308 e. The van der Waals surface area contributed by atoms with Crippen LogP contribution in [0.2, 0.25) is 0 Å². The summed E-state index contributed by atoms with van der Waals surface area (Å²) in [5, 5.41) is 11.5. The molecule has 20 heavy (non-hydrogen) atoms. The number of hydrogen-bond acceptors (Lipinski definition) is 3. The second-order valence-corrected chi connectivity index (χ2v) is 4.83. The molecular formula is C13H13F3N4. The van der Waals surface area contributed by atoms with Gasteiger partial charge >= 0.3 is 6.18 Å². The molecule has 1 heterocycles. The molecule has 1 aliphatic carbocycles. The van der Waals surface area contributed by atoms with Crippen molar-refractivity contribution in [1.82, 2.24) is 20.3 Å². The van der Waals surface area contributed by atoms with E-state index in [9.17, 15) is 13.2 Å². The number of aromatic nitrogens is 3. The maximum atomic E-state index is 12.6. The highest BCUT2D eigenvalue weighted by Crippen LogP contribution is 2.30. The third kappa shape index (κ3) is 2.98. The lowest BCUT2D eigenvalue weighted by Gasteiger charge is -2.07. The maximum absolute atomic E-state index is 12.6. The van der Waals surface area contributed by atoms with Crippen LogP contribution in [0.25, 0.3) is 5.69 Å². The summed E-state index contributed by atoms with van der Waals surface area (Å²) in [4.78, 5) is 1.22. The van der Waals surface area contributed by atoms with Crippen LogP contribution in [0.3, 0.4) is 0 Å². The van der Waals surface area contributed by atoms with Crippen molar-refractivity contribution in [2.75, 3.05) is 0 Å². The fourth-order valence-corrected chi connectivity index (χ4v) is 1.84. The summed E-state index contributed by atoms with van der Waals surface area (Å²) in [7, 11) is 0. The van der Waals surface area contributed by atoms with Gasteiger partial charge in [0.05, 0.1) is 23.1 Å². The minimum absolute atomic E-state index is 0.303. The zero-order chi connectivity index (χ0) is 14.2. The van der Waals surface area contributed by atoms with E-state index in [0.29, 0.717) is 24.0 Å². The van der Waals surface area contributed by atoms with Gasteiger partial charge in [0.1, 0.15) is 0 Å². The molecule has 1 fully saturated rings. The van der Waals surface area contributed by atoms with Gasteiger partial charge in [-0.3, -0.25) is 0 Å². The molecule has 3 rings (SSSR count). The van der Waals surface area contributed by atoms with Gasteiger partial charge in [-0.1, -0.05) is 6.07 Å². The van der Waals surface area contributed by atoms with Crippen LogP contribution < -0.4 is 5.32 Å². The molecule has 0 aliphatic heterocycles. The summed E-state index contributed by atoms with van der Waals surface area (Å²) < 4.78 is 37.9. The van der Waals surface area contributed by atoms with Crippen molar-refractivity contribution < 1.29 is 13.2 Å². The monoisotopic (exact) mass is 282 g/mol. The van der Waals surface area contributed by atoms with Crippen molar-refractivity contribution >= 4 is 0 Å². The van der Waals surface area contributed by atoms with Gasteiger partial charge in [0.15, 0.2) is 0 Å². The van der Waals surface area contributed by atoms with Gasteiger partial charge in [-0.2, -0.15) is 28.2 Å². The molecule has 0 saturated heterocycles. The van der Waals surface area contributed by atoms with Gasteiger partial charge in [0.2, 0.25) is 0 Å². The molecule has 0 unspecified atom stereocenters. The van der Waals surface area contributed by atoms with E-state index in [1.54, 1.807) is 12.3 Å². The number of rotatable bonds is 4. The molecule has 1 N–H and O–H groups in total. The number of alkyl halides is 3. The average molecular weight is 282 g/mol. The lowest BCUT2D eigenvalue weighted by atomic mass is 10.2. The molecule has 1 aromatic heterocycles. The van der Waals surface area contributed by atoms with E-state index in [1.807, 2.05) is 0 Å². The van der Waals surface area contributed by atoms with Crippen molar-refractivity contribution in [3.63, 3.8) is 0 Å². The predicted molar refractivity (Wildman–Crippen MR) is 66.2 cm³/mol. The first-order chi connectivity index (χ1) is 9.52. The predicted octanol–water partition coefficient (Wildman–Crippen LogP) is 2.54. The summed E-state index contributed by atoms with van der Waals surface area (Å²) in [6, 6.07) is 5.52. The van der Waals surface area contributed by atoms with E-state index < -0.39 is 11.7 Å². The zero-order valence-electron chi connectivity index (χ0n) is 10.6. The number of halogens is 3. The summed E-state index contributed by atoms with van der Waals surface area (Å²) in [6.45, 7) is 0.587. The summed E-state index contributed by atoms with van der Waals surface area (Å²) in [6.07, 6.45) is -0.460. The number of nitrogens with one attached hydrogen (secondary N) is 1. The Balaban J connectivity index is 1.78. The molecule has 1 aliphatic rings. The topological polar surface area (TPSA) is 42.7 Å². The van der Waals surface area contributed by atoms with E-state index in [4.69, 9.17) is 0 Å². The van der Waals surface area contributed by atoms with Crippen molar-refractivity contribution in [3.05, 3.63) is 41.7 Å². The Labute approximate surface area is 113 Å². The molecule has 0 atom stereocenters. The Morgan fingerprint density at radius 2 is 2.10 bits per heavy atom. The lowest BCUT2D eigenvalue weighted by molar-refractivity contribution is -0.137. The van der Waals surface area contributed by atoms with Crippen molar-refractivity contribution in [3.8, 4) is 5.69 Å². The fraction of sp³-hybridized carbons (Fsp3) is 0.385. The van der Waals surface area contributed by atoms with Crippen molar-refractivity contribution in [2.24, 2.45) is 0 Å². The van der Waals surface area contributed by atoms with Gasteiger partial charge in [0, 0.05) is 12.6 Å². The van der Waals surface area contributed by atoms with E-state index in [-0.39, 0.29) is 0 Å². The standard InChI is InChI=1S/C13H13F3N4/c14-13(15,16)9-2-1-3-12(6-9)20-18-8-11(19-20)7-17-10-4-5-10/h1-3,6,8,10,17H,4-5,7H2. The molecular weight excluding hydrogens is 269 g/mol. The molecule has 1 saturated carbocycles. The first-order valence-corrected chi connectivity index (χ1v) is 6.34. The van der Waals surface area contributed by atoms with Gasteiger partial charge in [-0.05, 0) is 31.0 Å². The Morgan fingerprint density at radius 3 is 2.80 bits per heavy atom. The first kappa shape index (κ1) is 13.1. The molecule has 4 nitrogen and oxygen atoms in total. The third-order valence-electron chi connectivity index (χ3n) is 3.09. The number of benzene rings is 1. The average Bonchev–Trinajstić information content (AvgIpc) is 3.12. The van der Waals surface area contributed by atoms with Crippen LogP contribution in [0.5, 0.6) is 0 Å². The van der Waals surface area contributed by atoms with E-state index in [0.717, 1.165) is 12.1 Å². The Kier molecular flexibility index (Phi) is 3.21. The lowest BCUT2D eigenvalue weighted by Crippen LogP contribution is -2.15. The minimum atomic E-state index is -4.36. The smallest absolute Gasteiger partial charge is 0.308 e. The SMILES string of the molecule is FC(F)(F)c1cccc(-n2ncc(CNC3CC3)n2)c1. The van der Waals surface area contributed by atoms with Crippen LogP contribution in [0.1, 0.15) is 24.1 Å². The van der Waals surface area contributed by atoms with Gasteiger partial charge in [0.25, 0.3) is 0 Å². The van der Waals surface area contributed by atoms with Crippen LogP contribution in [0.4, 0.5) is 13.2 Å². The molecule has 106 valence electrons.